The first kappa shape index (κ1) is 17.0. The summed E-state index contributed by atoms with van der Waals surface area (Å²) in [6.45, 7) is 0.477. The highest BCUT2D eigenvalue weighted by molar-refractivity contribution is 5.73. The Balaban J connectivity index is 2.18. The topological polar surface area (TPSA) is 72.8 Å². The van der Waals surface area contributed by atoms with Gasteiger partial charge in [-0.3, -0.25) is 0 Å². The van der Waals surface area contributed by atoms with Crippen molar-refractivity contribution in [2.75, 3.05) is 19.0 Å². The maximum absolute atomic E-state index is 11.2. The van der Waals surface area contributed by atoms with Gasteiger partial charge in [-0.2, -0.15) is 0 Å². The number of carboxylic acid groups (broad SMARTS) is 1. The molecule has 0 aliphatic rings. The predicted molar refractivity (Wildman–Crippen MR) is 90.4 cm³/mol. The molecule has 0 radical (unpaired) electrons. The van der Waals surface area contributed by atoms with Crippen molar-refractivity contribution in [3.63, 3.8) is 0 Å². The number of carbonyl (C=O) groups is 1. The molecule has 2 aromatic rings. The Morgan fingerprint density at radius 3 is 2.22 bits per heavy atom. The summed E-state index contributed by atoms with van der Waals surface area (Å²) in [5.74, 6) is -1.24. The number of anilines is 1. The molecule has 0 fully saturated rings. The van der Waals surface area contributed by atoms with Crippen LogP contribution in [0.2, 0.25) is 0 Å². The number of nitrogens with zero attached hydrogens (tertiary/aromatic N) is 1. The van der Waals surface area contributed by atoms with Crippen molar-refractivity contribution in [3.05, 3.63) is 65.7 Å². The molecule has 0 spiro atoms. The number of aliphatic hydroxyl groups is 1. The van der Waals surface area contributed by atoms with E-state index in [0.717, 1.165) is 16.8 Å². The minimum absolute atomic E-state index is 0.477. The van der Waals surface area contributed by atoms with Crippen LogP contribution in [0.4, 0.5) is 5.69 Å². The van der Waals surface area contributed by atoms with Gasteiger partial charge in [0.25, 0.3) is 0 Å². The van der Waals surface area contributed by atoms with Gasteiger partial charge in [-0.15, -0.1) is 0 Å². The summed E-state index contributed by atoms with van der Waals surface area (Å²) in [7, 11) is 3.87. The molecule has 0 amide bonds. The maximum atomic E-state index is 11.2. The summed E-state index contributed by atoms with van der Waals surface area (Å²) in [4.78, 5) is 13.2. The van der Waals surface area contributed by atoms with Gasteiger partial charge in [0.05, 0.1) is 6.04 Å². The van der Waals surface area contributed by atoms with Crippen LogP contribution in [0.1, 0.15) is 17.2 Å². The first-order valence-corrected chi connectivity index (χ1v) is 7.44. The number of hydrogen-bond donors (Lipinski definition) is 3. The molecule has 0 aliphatic carbocycles. The van der Waals surface area contributed by atoms with E-state index in [-0.39, 0.29) is 0 Å². The Morgan fingerprint density at radius 1 is 1.09 bits per heavy atom. The summed E-state index contributed by atoms with van der Waals surface area (Å²) >= 11 is 0. The quantitative estimate of drug-likeness (QED) is 0.729. The number of rotatable bonds is 7. The van der Waals surface area contributed by atoms with E-state index in [1.54, 1.807) is 0 Å². The molecular formula is C18H22N2O3. The maximum Gasteiger partial charge on any atom is 0.334 e. The van der Waals surface area contributed by atoms with Crippen molar-refractivity contribution in [3.8, 4) is 0 Å². The summed E-state index contributed by atoms with van der Waals surface area (Å²) < 4.78 is 0. The van der Waals surface area contributed by atoms with Gasteiger partial charge < -0.3 is 20.4 Å². The molecule has 2 rings (SSSR count). The third kappa shape index (κ3) is 4.55. The third-order valence-corrected chi connectivity index (χ3v) is 3.71. The largest absolute Gasteiger partial charge is 0.479 e. The van der Waals surface area contributed by atoms with E-state index in [2.05, 4.69) is 5.32 Å². The second-order valence-electron chi connectivity index (χ2n) is 5.61. The first-order valence-electron chi connectivity index (χ1n) is 7.44. The lowest BCUT2D eigenvalue weighted by atomic mass is 10.0. The van der Waals surface area contributed by atoms with E-state index in [9.17, 15) is 9.90 Å². The lowest BCUT2D eigenvalue weighted by Crippen LogP contribution is -2.37. The second-order valence-corrected chi connectivity index (χ2v) is 5.61. The van der Waals surface area contributed by atoms with Gasteiger partial charge in [-0.25, -0.2) is 4.79 Å². The average molecular weight is 314 g/mol. The SMILES string of the molecule is CN(C)c1ccc([C@@H](NCc2ccccc2)[C@H](O)C(=O)O)cc1. The van der Waals surface area contributed by atoms with Crippen LogP contribution < -0.4 is 10.2 Å². The number of aliphatic hydroxyl groups excluding tert-OH is 1. The monoisotopic (exact) mass is 314 g/mol. The van der Waals surface area contributed by atoms with Crippen molar-refractivity contribution in [2.45, 2.75) is 18.7 Å². The molecule has 0 saturated carbocycles. The minimum Gasteiger partial charge on any atom is -0.479 e. The minimum atomic E-state index is -1.51. The second kappa shape index (κ2) is 7.76. The molecule has 0 aliphatic heterocycles. The highest BCUT2D eigenvalue weighted by atomic mass is 16.4. The Kier molecular flexibility index (Phi) is 5.73. The van der Waals surface area contributed by atoms with E-state index in [1.165, 1.54) is 0 Å². The lowest BCUT2D eigenvalue weighted by Gasteiger charge is -2.23. The van der Waals surface area contributed by atoms with Crippen molar-refractivity contribution in [1.82, 2.24) is 5.32 Å². The highest BCUT2D eigenvalue weighted by Gasteiger charge is 2.26. The molecular weight excluding hydrogens is 292 g/mol. The van der Waals surface area contributed by atoms with Crippen LogP contribution in [-0.2, 0) is 11.3 Å². The lowest BCUT2D eigenvalue weighted by molar-refractivity contribution is -0.148. The predicted octanol–water partition coefficient (Wildman–Crippen LogP) is 2.03. The third-order valence-electron chi connectivity index (χ3n) is 3.71. The van der Waals surface area contributed by atoms with E-state index in [4.69, 9.17) is 5.11 Å². The Bertz CT molecular complexity index is 626. The van der Waals surface area contributed by atoms with Gasteiger partial charge in [0.15, 0.2) is 6.10 Å². The first-order chi connectivity index (χ1) is 11.0. The molecule has 2 aromatic carbocycles. The summed E-state index contributed by atoms with van der Waals surface area (Å²) in [5, 5.41) is 22.3. The van der Waals surface area contributed by atoms with E-state index >= 15 is 0 Å². The summed E-state index contributed by atoms with van der Waals surface area (Å²) in [5.41, 5.74) is 2.78. The van der Waals surface area contributed by atoms with Gasteiger partial charge in [0.1, 0.15) is 0 Å². The zero-order valence-corrected chi connectivity index (χ0v) is 13.3. The smallest absolute Gasteiger partial charge is 0.334 e. The average Bonchev–Trinajstić information content (AvgIpc) is 2.56. The van der Waals surface area contributed by atoms with Crippen LogP contribution in [0.15, 0.2) is 54.6 Å². The van der Waals surface area contributed by atoms with Crippen LogP contribution in [-0.4, -0.2) is 36.4 Å². The molecule has 0 saturated heterocycles. The highest BCUT2D eigenvalue weighted by Crippen LogP contribution is 2.21. The van der Waals surface area contributed by atoms with Crippen molar-refractivity contribution < 1.29 is 15.0 Å². The number of benzene rings is 2. The molecule has 3 N–H and O–H groups in total. The van der Waals surface area contributed by atoms with Gasteiger partial charge in [-0.1, -0.05) is 42.5 Å². The zero-order chi connectivity index (χ0) is 16.8. The number of hydrogen-bond acceptors (Lipinski definition) is 4. The molecule has 0 aromatic heterocycles. The molecule has 23 heavy (non-hydrogen) atoms. The fourth-order valence-electron chi connectivity index (χ4n) is 2.36. The van der Waals surface area contributed by atoms with Crippen LogP contribution in [0.5, 0.6) is 0 Å². The Labute approximate surface area is 136 Å². The van der Waals surface area contributed by atoms with Gasteiger partial charge in [0.2, 0.25) is 0 Å². The van der Waals surface area contributed by atoms with E-state index in [1.807, 2.05) is 73.6 Å². The van der Waals surface area contributed by atoms with E-state index in [0.29, 0.717) is 6.54 Å². The normalized spacial score (nSPS) is 13.3. The van der Waals surface area contributed by atoms with Crippen molar-refractivity contribution in [1.29, 1.82) is 0 Å². The molecule has 122 valence electrons. The van der Waals surface area contributed by atoms with Crippen molar-refractivity contribution in [2.24, 2.45) is 0 Å². The molecule has 5 heteroatoms. The van der Waals surface area contributed by atoms with Crippen LogP contribution in [0.25, 0.3) is 0 Å². The zero-order valence-electron chi connectivity index (χ0n) is 13.3. The van der Waals surface area contributed by atoms with Crippen LogP contribution >= 0.6 is 0 Å². The van der Waals surface area contributed by atoms with Crippen LogP contribution in [0.3, 0.4) is 0 Å². The fourth-order valence-corrected chi connectivity index (χ4v) is 2.36. The molecule has 0 unspecified atom stereocenters. The number of aliphatic carboxylic acids is 1. The molecule has 0 heterocycles. The Hall–Kier alpha value is -2.37. The van der Waals surface area contributed by atoms with Crippen LogP contribution in [0, 0.1) is 0 Å². The Morgan fingerprint density at radius 2 is 1.70 bits per heavy atom. The van der Waals surface area contributed by atoms with Gasteiger partial charge >= 0.3 is 5.97 Å². The number of nitrogens with one attached hydrogen (secondary N) is 1. The summed E-state index contributed by atoms with van der Waals surface area (Å²) in [6.07, 6.45) is -1.51. The van der Waals surface area contributed by atoms with Crippen molar-refractivity contribution >= 4 is 11.7 Å². The van der Waals surface area contributed by atoms with Gasteiger partial charge in [-0.05, 0) is 23.3 Å². The molecule has 2 atom stereocenters. The fraction of sp³-hybridized carbons (Fsp3) is 0.278. The van der Waals surface area contributed by atoms with E-state index < -0.39 is 18.1 Å². The summed E-state index contributed by atoms with van der Waals surface area (Å²) in [6, 6.07) is 16.5. The standard InChI is InChI=1S/C18H22N2O3/c1-20(2)15-10-8-14(9-11-15)16(17(21)18(22)23)19-12-13-6-4-3-5-7-13/h3-11,16-17,19,21H,12H2,1-2H3,(H,22,23)/t16-,17+/m1/s1. The molecule has 0 bridgehead atoms. The number of carboxylic acids is 1. The molecule has 5 nitrogen and oxygen atoms in total. The van der Waals surface area contributed by atoms with Gasteiger partial charge in [0, 0.05) is 26.3 Å².